The number of halogens is 2. The number of nitrogens with zero attached hydrogens (tertiary/aromatic N) is 3. The van der Waals surface area contributed by atoms with E-state index in [-0.39, 0.29) is 12.1 Å². The summed E-state index contributed by atoms with van der Waals surface area (Å²) in [5.41, 5.74) is 2.41. The standard InChI is InChI=1S/C17H14BrClN4/c18-13-3-1-2-12(8-13)15-9-16(11-4-6-14(19)7-5-11)23-17(22-15)20-10-21-23/h1-8,10,15-16H,9H2,(H,20,21,22)/t15-,16-/m0/s1. The van der Waals surface area contributed by atoms with Gasteiger partial charge in [-0.25, -0.2) is 4.68 Å². The first-order chi connectivity index (χ1) is 11.2. The molecule has 0 saturated carbocycles. The Morgan fingerprint density at radius 1 is 1.13 bits per heavy atom. The highest BCUT2D eigenvalue weighted by Crippen LogP contribution is 2.37. The van der Waals surface area contributed by atoms with E-state index in [1.54, 1.807) is 6.33 Å². The van der Waals surface area contributed by atoms with Crippen LogP contribution in [0, 0.1) is 0 Å². The molecular weight excluding hydrogens is 376 g/mol. The fourth-order valence-electron chi connectivity index (χ4n) is 3.02. The molecule has 1 aliphatic heterocycles. The number of hydrogen-bond donors (Lipinski definition) is 1. The largest absolute Gasteiger partial charge is 0.348 e. The van der Waals surface area contributed by atoms with E-state index in [0.29, 0.717) is 0 Å². The monoisotopic (exact) mass is 388 g/mol. The lowest BCUT2D eigenvalue weighted by Crippen LogP contribution is -2.28. The fraction of sp³-hybridized carbons (Fsp3) is 0.176. The molecule has 0 aliphatic carbocycles. The van der Waals surface area contributed by atoms with Crippen LogP contribution in [-0.4, -0.2) is 14.8 Å². The van der Waals surface area contributed by atoms with Gasteiger partial charge < -0.3 is 5.32 Å². The predicted molar refractivity (Wildman–Crippen MR) is 94.7 cm³/mol. The van der Waals surface area contributed by atoms with Crippen LogP contribution in [0.15, 0.2) is 59.3 Å². The van der Waals surface area contributed by atoms with E-state index >= 15 is 0 Å². The molecule has 4 rings (SSSR count). The SMILES string of the molecule is Clc1ccc([C@@H]2C[C@@H](c3cccc(Br)c3)Nc3ncnn32)cc1. The van der Waals surface area contributed by atoms with Crippen LogP contribution in [0.3, 0.4) is 0 Å². The van der Waals surface area contributed by atoms with Crippen molar-refractivity contribution in [1.82, 2.24) is 14.8 Å². The highest BCUT2D eigenvalue weighted by atomic mass is 79.9. The average Bonchev–Trinajstić information content (AvgIpc) is 3.03. The number of aromatic nitrogens is 3. The highest BCUT2D eigenvalue weighted by Gasteiger charge is 2.29. The van der Waals surface area contributed by atoms with Crippen molar-refractivity contribution in [3.05, 3.63) is 75.5 Å². The van der Waals surface area contributed by atoms with Gasteiger partial charge in [0.25, 0.3) is 0 Å². The van der Waals surface area contributed by atoms with Crippen LogP contribution in [0.2, 0.25) is 5.02 Å². The quantitative estimate of drug-likeness (QED) is 0.682. The molecule has 0 saturated heterocycles. The van der Waals surface area contributed by atoms with E-state index in [2.05, 4.69) is 61.7 Å². The number of nitrogens with one attached hydrogen (secondary N) is 1. The zero-order valence-electron chi connectivity index (χ0n) is 12.2. The van der Waals surface area contributed by atoms with E-state index in [4.69, 9.17) is 11.6 Å². The molecule has 0 amide bonds. The van der Waals surface area contributed by atoms with Crippen LogP contribution < -0.4 is 5.32 Å². The van der Waals surface area contributed by atoms with E-state index in [1.165, 1.54) is 11.1 Å². The summed E-state index contributed by atoms with van der Waals surface area (Å²) in [6.45, 7) is 0. The van der Waals surface area contributed by atoms with Crippen molar-refractivity contribution in [3.63, 3.8) is 0 Å². The van der Waals surface area contributed by atoms with Gasteiger partial charge in [0.1, 0.15) is 6.33 Å². The van der Waals surface area contributed by atoms with Crippen LogP contribution in [0.1, 0.15) is 29.6 Å². The normalized spacial score (nSPS) is 19.9. The summed E-state index contributed by atoms with van der Waals surface area (Å²) in [4.78, 5) is 4.35. The minimum Gasteiger partial charge on any atom is -0.348 e. The second kappa shape index (κ2) is 5.98. The molecule has 0 radical (unpaired) electrons. The molecule has 1 aliphatic rings. The van der Waals surface area contributed by atoms with Gasteiger partial charge in [-0.1, -0.05) is 51.8 Å². The molecular formula is C17H14BrClN4. The first-order valence-electron chi connectivity index (χ1n) is 7.38. The maximum Gasteiger partial charge on any atom is 0.222 e. The molecule has 23 heavy (non-hydrogen) atoms. The highest BCUT2D eigenvalue weighted by molar-refractivity contribution is 9.10. The van der Waals surface area contributed by atoms with Crippen LogP contribution in [0.5, 0.6) is 0 Å². The van der Waals surface area contributed by atoms with E-state index in [9.17, 15) is 0 Å². The second-order valence-electron chi connectivity index (χ2n) is 5.58. The summed E-state index contributed by atoms with van der Waals surface area (Å²) < 4.78 is 3.02. The molecule has 3 aromatic rings. The van der Waals surface area contributed by atoms with Gasteiger partial charge in [0, 0.05) is 9.50 Å². The van der Waals surface area contributed by atoms with Crippen LogP contribution >= 0.6 is 27.5 Å². The Morgan fingerprint density at radius 2 is 1.96 bits per heavy atom. The maximum absolute atomic E-state index is 6.02. The molecule has 6 heteroatoms. The molecule has 116 valence electrons. The number of hydrogen-bond acceptors (Lipinski definition) is 3. The second-order valence-corrected chi connectivity index (χ2v) is 6.94. The summed E-state index contributed by atoms with van der Waals surface area (Å²) in [7, 11) is 0. The van der Waals surface area contributed by atoms with E-state index < -0.39 is 0 Å². The summed E-state index contributed by atoms with van der Waals surface area (Å²) in [6, 6.07) is 16.6. The van der Waals surface area contributed by atoms with Gasteiger partial charge in [0.15, 0.2) is 0 Å². The van der Waals surface area contributed by atoms with Gasteiger partial charge >= 0.3 is 0 Å². The molecule has 0 fully saturated rings. The number of rotatable bonds is 2. The van der Waals surface area contributed by atoms with Crippen molar-refractivity contribution in [2.75, 3.05) is 5.32 Å². The number of anilines is 1. The Balaban J connectivity index is 1.73. The lowest BCUT2D eigenvalue weighted by molar-refractivity contribution is 0.431. The fourth-order valence-corrected chi connectivity index (χ4v) is 3.57. The molecule has 1 N–H and O–H groups in total. The molecule has 2 atom stereocenters. The Labute approximate surface area is 147 Å². The molecule has 1 aromatic heterocycles. The molecule has 2 aromatic carbocycles. The third-order valence-corrected chi connectivity index (χ3v) is 4.88. The summed E-state index contributed by atoms with van der Waals surface area (Å²) in [6.07, 6.45) is 2.49. The van der Waals surface area contributed by atoms with E-state index in [1.807, 2.05) is 22.9 Å². The van der Waals surface area contributed by atoms with Crippen molar-refractivity contribution in [3.8, 4) is 0 Å². The van der Waals surface area contributed by atoms with Gasteiger partial charge in [-0.05, 0) is 41.8 Å². The van der Waals surface area contributed by atoms with Crippen molar-refractivity contribution in [2.45, 2.75) is 18.5 Å². The Kier molecular flexibility index (Phi) is 3.83. The maximum atomic E-state index is 6.02. The first-order valence-corrected chi connectivity index (χ1v) is 8.55. The first kappa shape index (κ1) is 14.7. The van der Waals surface area contributed by atoms with Crippen LogP contribution in [-0.2, 0) is 0 Å². The number of fused-ring (bicyclic) bond motifs is 1. The third kappa shape index (κ3) is 2.86. The topological polar surface area (TPSA) is 42.7 Å². The molecule has 4 nitrogen and oxygen atoms in total. The zero-order chi connectivity index (χ0) is 15.8. The average molecular weight is 390 g/mol. The van der Waals surface area contributed by atoms with Crippen molar-refractivity contribution in [1.29, 1.82) is 0 Å². The summed E-state index contributed by atoms with van der Waals surface area (Å²) >= 11 is 9.56. The smallest absolute Gasteiger partial charge is 0.222 e. The van der Waals surface area contributed by atoms with Gasteiger partial charge in [0.05, 0.1) is 12.1 Å². The lowest BCUT2D eigenvalue weighted by atomic mass is 9.93. The zero-order valence-corrected chi connectivity index (χ0v) is 14.5. The van der Waals surface area contributed by atoms with Gasteiger partial charge in [-0.15, -0.1) is 0 Å². The number of benzene rings is 2. The van der Waals surface area contributed by atoms with Gasteiger partial charge in [-0.3, -0.25) is 0 Å². The van der Waals surface area contributed by atoms with Gasteiger partial charge in [-0.2, -0.15) is 10.1 Å². The van der Waals surface area contributed by atoms with Crippen LogP contribution in [0.4, 0.5) is 5.95 Å². The Hall–Kier alpha value is -1.85. The minimum atomic E-state index is 0.134. The minimum absolute atomic E-state index is 0.134. The molecule has 2 heterocycles. The molecule has 0 unspecified atom stereocenters. The van der Waals surface area contributed by atoms with Gasteiger partial charge in [0.2, 0.25) is 5.95 Å². The summed E-state index contributed by atoms with van der Waals surface area (Å²) in [5.74, 6) is 0.793. The van der Waals surface area contributed by atoms with Crippen molar-refractivity contribution >= 4 is 33.5 Å². The lowest BCUT2D eigenvalue weighted by Gasteiger charge is -2.32. The van der Waals surface area contributed by atoms with Crippen molar-refractivity contribution < 1.29 is 0 Å². The Morgan fingerprint density at radius 3 is 2.74 bits per heavy atom. The predicted octanol–water partition coefficient (Wildman–Crippen LogP) is 4.84. The van der Waals surface area contributed by atoms with E-state index in [0.717, 1.165) is 21.9 Å². The molecule has 0 bridgehead atoms. The Bertz CT molecular complexity index is 831. The van der Waals surface area contributed by atoms with Crippen molar-refractivity contribution in [2.24, 2.45) is 0 Å². The molecule has 0 spiro atoms. The van der Waals surface area contributed by atoms with Crippen LogP contribution in [0.25, 0.3) is 0 Å². The third-order valence-electron chi connectivity index (χ3n) is 4.14. The summed E-state index contributed by atoms with van der Waals surface area (Å²) in [5, 5.41) is 8.60.